The van der Waals surface area contributed by atoms with Gasteiger partial charge in [0.2, 0.25) is 0 Å². The molecule has 2 aromatic rings. The van der Waals surface area contributed by atoms with E-state index < -0.39 is 0 Å². The summed E-state index contributed by atoms with van der Waals surface area (Å²) in [5.74, 6) is 0.614. The van der Waals surface area contributed by atoms with E-state index >= 15 is 0 Å². The molecule has 0 saturated carbocycles. The number of nitrogens with zero attached hydrogens (tertiary/aromatic N) is 4. The highest BCUT2D eigenvalue weighted by Gasteiger charge is 2.04. The van der Waals surface area contributed by atoms with Crippen molar-refractivity contribution in [2.24, 2.45) is 0 Å². The minimum absolute atomic E-state index is 0.614. The van der Waals surface area contributed by atoms with Gasteiger partial charge in [-0.2, -0.15) is 5.10 Å². The molecule has 5 nitrogen and oxygen atoms in total. The van der Waals surface area contributed by atoms with Crippen LogP contribution in [0.5, 0.6) is 0 Å². The number of hydrogen-bond donors (Lipinski definition) is 1. The number of rotatable bonds is 4. The smallest absolute Gasteiger partial charge is 0.250 e. The van der Waals surface area contributed by atoms with Gasteiger partial charge in [-0.1, -0.05) is 6.92 Å². The van der Waals surface area contributed by atoms with Crippen LogP contribution >= 0.6 is 0 Å². The molecule has 2 aromatic heterocycles. The van der Waals surface area contributed by atoms with Gasteiger partial charge in [0, 0.05) is 36.4 Å². The third-order valence-electron chi connectivity index (χ3n) is 2.34. The van der Waals surface area contributed by atoms with Crippen molar-refractivity contribution in [3.05, 3.63) is 35.9 Å². The zero-order chi connectivity index (χ0) is 11.4. The molecule has 0 aliphatic carbocycles. The Morgan fingerprint density at radius 2 is 2.31 bits per heavy atom. The first kappa shape index (κ1) is 10.8. The summed E-state index contributed by atoms with van der Waals surface area (Å²) in [4.78, 5) is 8.70. The molecule has 0 saturated heterocycles. The molecule has 84 valence electrons. The summed E-state index contributed by atoms with van der Waals surface area (Å²) in [6.07, 6.45) is 5.39. The maximum atomic E-state index is 4.42. The fraction of sp³-hybridized carbons (Fsp3) is 0.364. The summed E-state index contributed by atoms with van der Waals surface area (Å²) in [6.45, 7) is 5.82. The highest BCUT2D eigenvalue weighted by Crippen LogP contribution is 2.06. The first-order valence-electron chi connectivity index (χ1n) is 5.34. The van der Waals surface area contributed by atoms with Crippen LogP contribution in [0.2, 0.25) is 0 Å². The van der Waals surface area contributed by atoms with Crippen LogP contribution in [0.3, 0.4) is 0 Å². The summed E-state index contributed by atoms with van der Waals surface area (Å²) < 4.78 is 1.66. The molecule has 0 aromatic carbocycles. The second-order valence-corrected chi connectivity index (χ2v) is 3.51. The van der Waals surface area contributed by atoms with Crippen LogP contribution in [-0.2, 0) is 6.54 Å². The van der Waals surface area contributed by atoms with Crippen LogP contribution in [-0.4, -0.2) is 26.3 Å². The maximum absolute atomic E-state index is 4.42. The van der Waals surface area contributed by atoms with Gasteiger partial charge in [-0.25, -0.2) is 14.6 Å². The Labute approximate surface area is 94.5 Å². The molecule has 0 atom stereocenters. The van der Waals surface area contributed by atoms with Gasteiger partial charge in [-0.3, -0.25) is 0 Å². The quantitative estimate of drug-likeness (QED) is 0.832. The Hall–Kier alpha value is -1.75. The molecule has 5 heteroatoms. The fourth-order valence-corrected chi connectivity index (χ4v) is 1.41. The topological polar surface area (TPSA) is 55.6 Å². The number of aromatic nitrogens is 4. The lowest BCUT2D eigenvalue weighted by molar-refractivity contribution is 0.709. The second-order valence-electron chi connectivity index (χ2n) is 3.51. The molecule has 0 amide bonds. The largest absolute Gasteiger partial charge is 0.313 e. The van der Waals surface area contributed by atoms with Crippen molar-refractivity contribution in [2.75, 3.05) is 6.54 Å². The summed E-state index contributed by atoms with van der Waals surface area (Å²) >= 11 is 0. The van der Waals surface area contributed by atoms with E-state index in [0.717, 1.165) is 24.3 Å². The lowest BCUT2D eigenvalue weighted by Gasteiger charge is -2.06. The first-order valence-corrected chi connectivity index (χ1v) is 5.34. The van der Waals surface area contributed by atoms with Gasteiger partial charge >= 0.3 is 0 Å². The molecule has 2 heterocycles. The van der Waals surface area contributed by atoms with Crippen molar-refractivity contribution in [2.45, 2.75) is 20.4 Å². The second kappa shape index (κ2) is 4.85. The minimum Gasteiger partial charge on any atom is -0.313 e. The van der Waals surface area contributed by atoms with Crippen molar-refractivity contribution in [3.8, 4) is 5.95 Å². The minimum atomic E-state index is 0.614. The molecule has 0 aliphatic heterocycles. The standard InChI is InChI=1S/C11H15N5/c1-3-12-7-10-8-13-11(15-9(10)2)16-6-4-5-14-16/h4-6,8,12H,3,7H2,1-2H3. The highest BCUT2D eigenvalue weighted by atomic mass is 15.3. The molecule has 0 unspecified atom stereocenters. The van der Waals surface area contributed by atoms with Gasteiger partial charge in [0.1, 0.15) is 0 Å². The third-order valence-corrected chi connectivity index (χ3v) is 2.34. The van der Waals surface area contributed by atoms with Gasteiger partial charge in [0.25, 0.3) is 5.95 Å². The number of aryl methyl sites for hydroxylation is 1. The van der Waals surface area contributed by atoms with Crippen LogP contribution in [0.1, 0.15) is 18.2 Å². The van der Waals surface area contributed by atoms with Crippen molar-refractivity contribution >= 4 is 0 Å². The van der Waals surface area contributed by atoms with Gasteiger partial charge in [-0.05, 0) is 19.5 Å². The third kappa shape index (κ3) is 2.25. The number of hydrogen-bond acceptors (Lipinski definition) is 4. The van der Waals surface area contributed by atoms with Crippen molar-refractivity contribution in [3.63, 3.8) is 0 Å². The number of nitrogens with one attached hydrogen (secondary N) is 1. The van der Waals surface area contributed by atoms with E-state index in [0.29, 0.717) is 5.95 Å². The van der Waals surface area contributed by atoms with Gasteiger partial charge < -0.3 is 5.32 Å². The molecular formula is C11H15N5. The van der Waals surface area contributed by atoms with E-state index in [9.17, 15) is 0 Å². The predicted molar refractivity (Wildman–Crippen MR) is 61.3 cm³/mol. The maximum Gasteiger partial charge on any atom is 0.250 e. The Balaban J connectivity index is 2.23. The first-order chi connectivity index (χ1) is 7.81. The monoisotopic (exact) mass is 217 g/mol. The van der Waals surface area contributed by atoms with Crippen molar-refractivity contribution in [1.29, 1.82) is 0 Å². The zero-order valence-corrected chi connectivity index (χ0v) is 9.51. The molecule has 2 rings (SSSR count). The van der Waals surface area contributed by atoms with Gasteiger partial charge in [-0.15, -0.1) is 0 Å². The lowest BCUT2D eigenvalue weighted by atomic mass is 10.2. The average molecular weight is 217 g/mol. The van der Waals surface area contributed by atoms with Gasteiger partial charge in [0.05, 0.1) is 0 Å². The molecule has 0 aliphatic rings. The SMILES string of the molecule is CCNCc1cnc(-n2cccn2)nc1C. The molecule has 0 bridgehead atoms. The molecule has 0 fully saturated rings. The Morgan fingerprint density at radius 3 is 2.94 bits per heavy atom. The van der Waals surface area contributed by atoms with Crippen molar-refractivity contribution < 1.29 is 0 Å². The predicted octanol–water partition coefficient (Wildman–Crippen LogP) is 1.08. The lowest BCUT2D eigenvalue weighted by Crippen LogP contribution is -2.14. The Morgan fingerprint density at radius 1 is 1.44 bits per heavy atom. The zero-order valence-electron chi connectivity index (χ0n) is 9.51. The van der Waals surface area contributed by atoms with Crippen LogP contribution in [0, 0.1) is 6.92 Å². The van der Waals surface area contributed by atoms with E-state index in [1.807, 2.05) is 25.4 Å². The Bertz CT molecular complexity index is 449. The molecule has 0 radical (unpaired) electrons. The molecule has 0 spiro atoms. The fourth-order valence-electron chi connectivity index (χ4n) is 1.41. The van der Waals surface area contributed by atoms with E-state index in [4.69, 9.17) is 0 Å². The van der Waals surface area contributed by atoms with Crippen molar-refractivity contribution in [1.82, 2.24) is 25.1 Å². The van der Waals surface area contributed by atoms with Crippen LogP contribution in [0.15, 0.2) is 24.7 Å². The summed E-state index contributed by atoms with van der Waals surface area (Å²) in [5.41, 5.74) is 2.11. The normalized spacial score (nSPS) is 10.6. The van der Waals surface area contributed by atoms with Crippen LogP contribution in [0.25, 0.3) is 5.95 Å². The summed E-state index contributed by atoms with van der Waals surface area (Å²) in [7, 11) is 0. The van der Waals surface area contributed by atoms with E-state index in [-0.39, 0.29) is 0 Å². The van der Waals surface area contributed by atoms with Crippen LogP contribution in [0.4, 0.5) is 0 Å². The molecular weight excluding hydrogens is 202 g/mol. The van der Waals surface area contributed by atoms with E-state index in [1.54, 1.807) is 10.9 Å². The highest BCUT2D eigenvalue weighted by molar-refractivity contribution is 5.21. The summed E-state index contributed by atoms with van der Waals surface area (Å²) in [6, 6.07) is 1.85. The van der Waals surface area contributed by atoms with E-state index in [1.165, 1.54) is 0 Å². The van der Waals surface area contributed by atoms with Gasteiger partial charge in [0.15, 0.2) is 0 Å². The molecule has 16 heavy (non-hydrogen) atoms. The average Bonchev–Trinajstić information content (AvgIpc) is 2.81. The molecule has 1 N–H and O–H groups in total. The van der Waals surface area contributed by atoms with E-state index in [2.05, 4.69) is 27.3 Å². The summed E-state index contributed by atoms with van der Waals surface area (Å²) in [5, 5.41) is 7.35. The van der Waals surface area contributed by atoms with Crippen LogP contribution < -0.4 is 5.32 Å². The Kier molecular flexibility index (Phi) is 3.26.